The standard InChI is InChI=1S/3C4H4O4.2Ce/c3*5-3(6)1-2-4(7)8;;/h3*1-2H,(H,5,6)(H,7,8);;/q;;;2*+3/p-6/b2*2-1+;2-1-;;. The van der Waals surface area contributed by atoms with Gasteiger partial charge in [-0.1, -0.05) is 0 Å². The molecule has 0 aromatic heterocycles. The summed E-state index contributed by atoms with van der Waals surface area (Å²) in [4.78, 5) is 56.5. The van der Waals surface area contributed by atoms with E-state index in [4.69, 9.17) is 0 Å². The van der Waals surface area contributed by atoms with E-state index in [1.807, 2.05) is 0 Å². The fourth-order valence-electron chi connectivity index (χ4n) is 0.408. The summed E-state index contributed by atoms with van der Waals surface area (Å²) in [5.41, 5.74) is 0. The third-order valence-electron chi connectivity index (χ3n) is 1.07. The number of carbonyl (C=O) groups is 6. The zero-order valence-electron chi connectivity index (χ0n) is 12.4. The first-order chi connectivity index (χ1) is 10.9. The minimum Gasteiger partial charge on any atom is -0.545 e. The molecule has 134 valence electrons. The second kappa shape index (κ2) is 23.8. The molecule has 0 aliphatic heterocycles. The van der Waals surface area contributed by atoms with Crippen molar-refractivity contribution in [2.45, 2.75) is 0 Å². The van der Waals surface area contributed by atoms with Gasteiger partial charge in [-0.15, -0.1) is 0 Å². The van der Waals surface area contributed by atoms with Crippen LogP contribution in [0.25, 0.3) is 0 Å². The van der Waals surface area contributed by atoms with Crippen LogP contribution in [0.15, 0.2) is 36.5 Å². The van der Waals surface area contributed by atoms with E-state index in [2.05, 4.69) is 0 Å². The minimum atomic E-state index is -1.55. The van der Waals surface area contributed by atoms with Crippen molar-refractivity contribution in [3.63, 3.8) is 0 Å². The van der Waals surface area contributed by atoms with Crippen LogP contribution in [0.3, 0.4) is 0 Å². The number of carboxylic acid groups (broad SMARTS) is 6. The zero-order chi connectivity index (χ0) is 19.7. The van der Waals surface area contributed by atoms with E-state index in [9.17, 15) is 59.4 Å². The van der Waals surface area contributed by atoms with Crippen LogP contribution in [-0.2, 0) is 28.8 Å². The molecule has 0 saturated carbocycles. The second-order valence-electron chi connectivity index (χ2n) is 2.91. The molecule has 0 rings (SSSR count). The molecule has 14 heteroatoms. The molecule has 0 aromatic carbocycles. The number of carboxylic acids is 6. The predicted octanol–water partition coefficient (Wildman–Crippen LogP) is -8.87. The van der Waals surface area contributed by atoms with Crippen molar-refractivity contribution in [2.75, 3.05) is 0 Å². The molecule has 0 aromatic rings. The summed E-state index contributed by atoms with van der Waals surface area (Å²) in [5.74, 6) is -9.28. The van der Waals surface area contributed by atoms with Crippen molar-refractivity contribution in [1.82, 2.24) is 0 Å². The summed E-state index contributed by atoms with van der Waals surface area (Å²) in [6.45, 7) is 0. The summed E-state index contributed by atoms with van der Waals surface area (Å²) in [6, 6.07) is 0. The van der Waals surface area contributed by atoms with Crippen molar-refractivity contribution in [1.29, 1.82) is 0 Å². The monoisotopic (exact) mass is 622 g/mol. The summed E-state index contributed by atoms with van der Waals surface area (Å²) in [5, 5.41) is 56.5. The van der Waals surface area contributed by atoms with E-state index in [-0.39, 0.29) is 83.5 Å². The zero-order valence-corrected chi connectivity index (χ0v) is 18.6. The molecule has 0 heterocycles. The predicted molar refractivity (Wildman–Crippen MR) is 57.5 cm³/mol. The number of aliphatic carboxylic acids is 6. The molecule has 0 spiro atoms. The molecular weight excluding hydrogens is 616 g/mol. The van der Waals surface area contributed by atoms with Gasteiger partial charge in [-0.2, -0.15) is 0 Å². The molecule has 0 N–H and O–H groups in total. The molecule has 2 radical (unpaired) electrons. The smallest absolute Gasteiger partial charge is 0.545 e. The third kappa shape index (κ3) is 56.9. The second-order valence-corrected chi connectivity index (χ2v) is 2.91. The maximum absolute atomic E-state index is 9.41. The Hall–Kier alpha value is -1.21. The van der Waals surface area contributed by atoms with E-state index in [1.165, 1.54) is 0 Å². The van der Waals surface area contributed by atoms with E-state index >= 15 is 0 Å². The number of hydrogen-bond donors (Lipinski definition) is 0. The first kappa shape index (κ1) is 35.8. The van der Waals surface area contributed by atoms with Gasteiger partial charge in [0.05, 0.1) is 35.8 Å². The molecular formula is C12H6Ce2O12. The number of rotatable bonds is 6. The van der Waals surface area contributed by atoms with Crippen molar-refractivity contribution in [3.8, 4) is 0 Å². The largest absolute Gasteiger partial charge is 3.00 e. The summed E-state index contributed by atoms with van der Waals surface area (Å²) < 4.78 is 0. The van der Waals surface area contributed by atoms with Gasteiger partial charge in [-0.3, -0.25) is 0 Å². The maximum Gasteiger partial charge on any atom is 3.00 e. The summed E-state index contributed by atoms with van der Waals surface area (Å²) >= 11 is 0. The quantitative estimate of drug-likeness (QED) is 0.251. The van der Waals surface area contributed by atoms with Crippen LogP contribution in [-0.4, -0.2) is 35.8 Å². The molecule has 0 bridgehead atoms. The van der Waals surface area contributed by atoms with Gasteiger partial charge in [-0.05, 0) is 36.5 Å². The van der Waals surface area contributed by atoms with Gasteiger partial charge in [-0.25, -0.2) is 0 Å². The van der Waals surface area contributed by atoms with Gasteiger partial charge < -0.3 is 59.4 Å². The Morgan fingerprint density at radius 3 is 0.462 bits per heavy atom. The summed E-state index contributed by atoms with van der Waals surface area (Å²) in [7, 11) is 0. The Bertz CT molecular complexity index is 448. The molecule has 0 fully saturated rings. The Kier molecular flexibility index (Phi) is 32.8. The van der Waals surface area contributed by atoms with E-state index in [0.29, 0.717) is 36.5 Å². The van der Waals surface area contributed by atoms with Gasteiger partial charge in [0.15, 0.2) is 0 Å². The fraction of sp³-hybridized carbons (Fsp3) is 0. The molecule has 0 atom stereocenters. The maximum atomic E-state index is 9.41. The van der Waals surface area contributed by atoms with Crippen LogP contribution in [0.4, 0.5) is 0 Å². The molecule has 0 unspecified atom stereocenters. The van der Waals surface area contributed by atoms with Gasteiger partial charge in [0.1, 0.15) is 0 Å². The molecule has 26 heavy (non-hydrogen) atoms. The van der Waals surface area contributed by atoms with Crippen molar-refractivity contribution >= 4 is 35.8 Å². The van der Waals surface area contributed by atoms with E-state index in [1.54, 1.807) is 0 Å². The Balaban J connectivity index is -0.0000000817. The molecule has 0 saturated heterocycles. The average Bonchev–Trinajstić information content (AvgIpc) is 2.42. The van der Waals surface area contributed by atoms with Gasteiger partial charge in [0.2, 0.25) is 0 Å². The molecule has 12 nitrogen and oxygen atoms in total. The van der Waals surface area contributed by atoms with Crippen molar-refractivity contribution in [3.05, 3.63) is 36.5 Å². The first-order valence-electron chi connectivity index (χ1n) is 5.18. The van der Waals surface area contributed by atoms with Crippen LogP contribution in [0.1, 0.15) is 0 Å². The molecule has 0 amide bonds. The average molecular weight is 622 g/mol. The number of carbonyl (C=O) groups excluding carboxylic acids is 6. The fourth-order valence-corrected chi connectivity index (χ4v) is 0.408. The van der Waals surface area contributed by atoms with Crippen LogP contribution in [0.5, 0.6) is 0 Å². The van der Waals surface area contributed by atoms with Gasteiger partial charge in [0, 0.05) is 0 Å². The third-order valence-corrected chi connectivity index (χ3v) is 1.07. The number of hydrogen-bond acceptors (Lipinski definition) is 12. The Morgan fingerprint density at radius 1 is 0.346 bits per heavy atom. The Morgan fingerprint density at radius 2 is 0.423 bits per heavy atom. The van der Waals surface area contributed by atoms with Gasteiger partial charge >= 0.3 is 83.5 Å². The summed E-state index contributed by atoms with van der Waals surface area (Å²) in [6.07, 6.45) is 2.31. The molecule has 0 aliphatic rings. The van der Waals surface area contributed by atoms with E-state index in [0.717, 1.165) is 0 Å². The SMILES string of the molecule is O=C([O-])/C=C/C(=O)[O-].O=C([O-])/C=C/C(=O)[O-].O=C([O-])/C=C\C(=O)[O-].[Ce+3].[Ce+3]. The topological polar surface area (TPSA) is 241 Å². The van der Waals surface area contributed by atoms with Crippen molar-refractivity contribution < 1.29 is 143 Å². The van der Waals surface area contributed by atoms with Crippen LogP contribution in [0, 0.1) is 83.5 Å². The minimum absolute atomic E-state index is 0. The Labute approximate surface area is 212 Å². The van der Waals surface area contributed by atoms with Crippen LogP contribution >= 0.6 is 0 Å². The van der Waals surface area contributed by atoms with Crippen LogP contribution in [0.2, 0.25) is 0 Å². The van der Waals surface area contributed by atoms with Crippen molar-refractivity contribution in [2.24, 2.45) is 0 Å². The molecule has 0 aliphatic carbocycles. The first-order valence-corrected chi connectivity index (χ1v) is 5.18. The normalized spacial score (nSPS) is 8.77. The van der Waals surface area contributed by atoms with E-state index < -0.39 is 35.8 Å². The van der Waals surface area contributed by atoms with Gasteiger partial charge in [0.25, 0.3) is 0 Å². The van der Waals surface area contributed by atoms with Crippen LogP contribution < -0.4 is 30.6 Å².